The molecule has 0 bridgehead atoms. The van der Waals surface area contributed by atoms with Crippen LogP contribution < -0.4 is 0 Å². The van der Waals surface area contributed by atoms with Gasteiger partial charge in [-0.15, -0.1) is 0 Å². The van der Waals surface area contributed by atoms with Crippen LogP contribution in [-0.4, -0.2) is 22.8 Å². The highest BCUT2D eigenvalue weighted by Gasteiger charge is 2.33. The summed E-state index contributed by atoms with van der Waals surface area (Å²) >= 11 is 0. The Balaban J connectivity index is 3.53. The molecule has 0 saturated heterocycles. The monoisotopic (exact) mass is 555 g/mol. The normalized spacial score (nSPS) is 12.0. The Bertz CT molecular complexity index is 424. The molecular formula is C35H74O2Si. The van der Waals surface area contributed by atoms with Crippen molar-refractivity contribution in [1.29, 1.82) is 0 Å². The maximum atomic E-state index is 6.04. The highest BCUT2D eigenvalue weighted by Crippen LogP contribution is 2.25. The second-order valence-corrected chi connectivity index (χ2v) is 16.0. The molecule has 0 aromatic heterocycles. The van der Waals surface area contributed by atoms with E-state index in [4.69, 9.17) is 8.85 Å². The highest BCUT2D eigenvalue weighted by molar-refractivity contribution is 6.67. The van der Waals surface area contributed by atoms with Crippen molar-refractivity contribution in [3.63, 3.8) is 0 Å². The van der Waals surface area contributed by atoms with Crippen LogP contribution in [0.5, 0.6) is 0 Å². The minimum Gasteiger partial charge on any atom is -0.398 e. The molecule has 230 valence electrons. The van der Waals surface area contributed by atoms with Crippen LogP contribution >= 0.6 is 0 Å². The molecule has 0 fully saturated rings. The lowest BCUT2D eigenvalue weighted by Gasteiger charge is -2.27. The molecule has 0 aliphatic heterocycles. The van der Waals surface area contributed by atoms with Gasteiger partial charge in [-0.25, -0.2) is 0 Å². The minimum atomic E-state index is -1.95. The first kappa shape index (κ1) is 38.1. The van der Waals surface area contributed by atoms with E-state index in [1.807, 2.05) is 14.2 Å². The maximum Gasteiger partial charge on any atom is 0.337 e. The molecular weight excluding hydrogens is 480 g/mol. The molecule has 0 spiro atoms. The van der Waals surface area contributed by atoms with Gasteiger partial charge in [0.1, 0.15) is 0 Å². The summed E-state index contributed by atoms with van der Waals surface area (Å²) in [6.07, 6.45) is 41.3. The van der Waals surface area contributed by atoms with Gasteiger partial charge in [0.25, 0.3) is 0 Å². The molecule has 0 unspecified atom stereocenters. The Labute approximate surface area is 243 Å². The topological polar surface area (TPSA) is 18.5 Å². The summed E-state index contributed by atoms with van der Waals surface area (Å²) in [5, 5.41) is 0. The van der Waals surface area contributed by atoms with Gasteiger partial charge < -0.3 is 8.85 Å². The summed E-state index contributed by atoms with van der Waals surface area (Å²) in [7, 11) is 1.86. The maximum absolute atomic E-state index is 6.04. The molecule has 0 aromatic rings. The summed E-state index contributed by atoms with van der Waals surface area (Å²) in [5.41, 5.74) is 0. The van der Waals surface area contributed by atoms with Crippen LogP contribution in [0.1, 0.15) is 200 Å². The van der Waals surface area contributed by atoms with Gasteiger partial charge in [0, 0.05) is 14.2 Å². The van der Waals surface area contributed by atoms with E-state index in [2.05, 4.69) is 13.8 Å². The molecule has 0 N–H and O–H groups in total. The lowest BCUT2D eigenvalue weighted by Crippen LogP contribution is -2.39. The smallest absolute Gasteiger partial charge is 0.337 e. The molecule has 0 atom stereocenters. The fourth-order valence-electron chi connectivity index (χ4n) is 5.97. The van der Waals surface area contributed by atoms with E-state index in [0.29, 0.717) is 0 Å². The Kier molecular flexibility index (Phi) is 31.8. The minimum absolute atomic E-state index is 1.19. The van der Waals surface area contributed by atoms with Crippen molar-refractivity contribution in [3.05, 3.63) is 0 Å². The van der Waals surface area contributed by atoms with E-state index >= 15 is 0 Å². The van der Waals surface area contributed by atoms with Gasteiger partial charge in [0.2, 0.25) is 0 Å². The fourth-order valence-corrected chi connectivity index (χ4v) is 8.78. The standard InChI is InChI=1S/C35H74O2Si/c1-5-7-9-11-13-15-17-19-21-23-25-27-29-31-33-35-38(36-3,37-4)34-32-30-28-26-24-22-20-18-16-14-12-10-8-6-2/h5-35H2,1-4H3. The van der Waals surface area contributed by atoms with Gasteiger partial charge in [-0.1, -0.05) is 200 Å². The first-order valence-corrected chi connectivity index (χ1v) is 20.1. The van der Waals surface area contributed by atoms with Crippen LogP contribution in [0, 0.1) is 0 Å². The molecule has 38 heavy (non-hydrogen) atoms. The van der Waals surface area contributed by atoms with Crippen LogP contribution in [-0.2, 0) is 8.85 Å². The van der Waals surface area contributed by atoms with Gasteiger partial charge in [0.05, 0.1) is 0 Å². The fraction of sp³-hybridized carbons (Fsp3) is 1.00. The Morgan fingerprint density at radius 2 is 0.474 bits per heavy atom. The molecule has 0 saturated carbocycles. The molecule has 3 heteroatoms. The van der Waals surface area contributed by atoms with Crippen molar-refractivity contribution in [2.75, 3.05) is 14.2 Å². The largest absolute Gasteiger partial charge is 0.398 e. The third-order valence-electron chi connectivity index (χ3n) is 8.82. The molecule has 0 heterocycles. The average Bonchev–Trinajstić information content (AvgIpc) is 2.94. The SMILES string of the molecule is CCCCCCCCCCCCCCCCC[Si](CCCCCCCCCCCCCCCC)(OC)OC. The van der Waals surface area contributed by atoms with E-state index in [9.17, 15) is 0 Å². The van der Waals surface area contributed by atoms with Crippen LogP contribution in [0.3, 0.4) is 0 Å². The van der Waals surface area contributed by atoms with Crippen molar-refractivity contribution < 1.29 is 8.85 Å². The quantitative estimate of drug-likeness (QED) is 0.0593. The zero-order valence-corrected chi connectivity index (χ0v) is 28.2. The Morgan fingerprint density at radius 1 is 0.289 bits per heavy atom. The number of hydrogen-bond donors (Lipinski definition) is 0. The molecule has 0 aliphatic rings. The van der Waals surface area contributed by atoms with Crippen molar-refractivity contribution in [2.24, 2.45) is 0 Å². The first-order valence-electron chi connectivity index (χ1n) is 17.8. The molecule has 0 radical (unpaired) electrons. The average molecular weight is 555 g/mol. The first-order chi connectivity index (χ1) is 18.7. The third-order valence-corrected chi connectivity index (χ3v) is 12.5. The number of rotatable bonds is 33. The lowest BCUT2D eigenvalue weighted by atomic mass is 10.0. The van der Waals surface area contributed by atoms with Gasteiger partial charge in [-0.2, -0.15) is 0 Å². The van der Waals surface area contributed by atoms with Crippen LogP contribution in [0.2, 0.25) is 12.1 Å². The summed E-state index contributed by atoms with van der Waals surface area (Å²) in [5.74, 6) is 0. The Hall–Kier alpha value is 0.137. The van der Waals surface area contributed by atoms with E-state index in [1.54, 1.807) is 0 Å². The van der Waals surface area contributed by atoms with Crippen molar-refractivity contribution in [1.82, 2.24) is 0 Å². The van der Waals surface area contributed by atoms with Crippen LogP contribution in [0.25, 0.3) is 0 Å². The molecule has 2 nitrogen and oxygen atoms in total. The zero-order chi connectivity index (χ0) is 27.8. The third kappa shape index (κ3) is 26.4. The lowest BCUT2D eigenvalue weighted by molar-refractivity contribution is 0.238. The number of hydrogen-bond acceptors (Lipinski definition) is 2. The summed E-state index contributed by atoms with van der Waals surface area (Å²) in [4.78, 5) is 0. The van der Waals surface area contributed by atoms with E-state index in [-0.39, 0.29) is 0 Å². The van der Waals surface area contributed by atoms with E-state index < -0.39 is 8.56 Å². The van der Waals surface area contributed by atoms with Crippen molar-refractivity contribution in [3.8, 4) is 0 Å². The predicted molar refractivity (Wildman–Crippen MR) is 175 cm³/mol. The second-order valence-electron chi connectivity index (χ2n) is 12.4. The summed E-state index contributed by atoms with van der Waals surface area (Å²) in [6.45, 7) is 4.60. The van der Waals surface area contributed by atoms with E-state index in [0.717, 1.165) is 0 Å². The molecule has 0 aromatic carbocycles. The van der Waals surface area contributed by atoms with Gasteiger partial charge >= 0.3 is 8.56 Å². The van der Waals surface area contributed by atoms with Gasteiger partial charge in [-0.3, -0.25) is 0 Å². The Morgan fingerprint density at radius 3 is 0.658 bits per heavy atom. The molecule has 0 aliphatic carbocycles. The van der Waals surface area contributed by atoms with Crippen LogP contribution in [0.4, 0.5) is 0 Å². The van der Waals surface area contributed by atoms with Gasteiger partial charge in [-0.05, 0) is 12.1 Å². The molecule has 0 amide bonds. The van der Waals surface area contributed by atoms with Gasteiger partial charge in [0.15, 0.2) is 0 Å². The second kappa shape index (κ2) is 31.7. The van der Waals surface area contributed by atoms with E-state index in [1.165, 1.54) is 198 Å². The highest BCUT2D eigenvalue weighted by atomic mass is 28.4. The predicted octanol–water partition coefficient (Wildman–Crippen LogP) is 13.1. The molecule has 0 rings (SSSR count). The summed E-state index contributed by atoms with van der Waals surface area (Å²) < 4.78 is 12.1. The zero-order valence-electron chi connectivity index (χ0n) is 27.2. The number of unbranched alkanes of at least 4 members (excludes halogenated alkanes) is 27. The van der Waals surface area contributed by atoms with Crippen molar-refractivity contribution in [2.45, 2.75) is 212 Å². The van der Waals surface area contributed by atoms with Crippen molar-refractivity contribution >= 4 is 8.56 Å². The summed E-state index contributed by atoms with van der Waals surface area (Å²) in [6, 6.07) is 2.38. The van der Waals surface area contributed by atoms with Crippen LogP contribution in [0.15, 0.2) is 0 Å².